The van der Waals surface area contributed by atoms with E-state index in [-0.39, 0.29) is 5.78 Å². The predicted octanol–water partition coefficient (Wildman–Crippen LogP) is 2.66. The van der Waals surface area contributed by atoms with Crippen LogP contribution in [0.4, 0.5) is 5.69 Å². The first kappa shape index (κ1) is 8.07. The number of nitroso groups, excluding NO2 is 1. The van der Waals surface area contributed by atoms with Crippen LogP contribution >= 0.6 is 11.3 Å². The molecular weight excluding hydrogens is 162 g/mol. The van der Waals surface area contributed by atoms with Crippen LogP contribution in [0, 0.1) is 11.8 Å². The highest BCUT2D eigenvalue weighted by atomic mass is 32.1. The summed E-state index contributed by atoms with van der Waals surface area (Å²) in [7, 11) is 0. The molecule has 0 aliphatic heterocycles. The SMILES string of the molecule is CC(=O)c1cc(N=O)c(C)s1. The maximum Gasteiger partial charge on any atom is 0.169 e. The zero-order valence-corrected chi connectivity index (χ0v) is 7.07. The number of rotatable bonds is 2. The van der Waals surface area contributed by atoms with Gasteiger partial charge in [0.25, 0.3) is 0 Å². The number of nitrogens with zero attached hydrogens (tertiary/aromatic N) is 1. The molecule has 0 saturated carbocycles. The molecule has 4 heteroatoms. The van der Waals surface area contributed by atoms with Gasteiger partial charge < -0.3 is 0 Å². The molecule has 0 radical (unpaired) electrons. The molecule has 0 saturated heterocycles. The standard InChI is InChI=1S/C7H7NO2S/c1-4(9)7-3-6(8-10)5(2)11-7/h3H,1-2H3. The molecule has 3 nitrogen and oxygen atoms in total. The summed E-state index contributed by atoms with van der Waals surface area (Å²) in [5.74, 6) is -0.0204. The lowest BCUT2D eigenvalue weighted by atomic mass is 10.3. The van der Waals surface area contributed by atoms with Gasteiger partial charge in [0.15, 0.2) is 5.78 Å². The number of Topliss-reactive ketones (excluding diaryl/α,β-unsaturated/α-hetero) is 1. The van der Waals surface area contributed by atoms with Crippen LogP contribution < -0.4 is 0 Å². The summed E-state index contributed by atoms with van der Waals surface area (Å²) in [5.41, 5.74) is 0.375. The molecule has 0 aromatic carbocycles. The van der Waals surface area contributed by atoms with Crippen LogP contribution in [-0.2, 0) is 0 Å². The lowest BCUT2D eigenvalue weighted by molar-refractivity contribution is 0.102. The lowest BCUT2D eigenvalue weighted by Crippen LogP contribution is -1.83. The fourth-order valence-electron chi connectivity index (χ4n) is 0.737. The van der Waals surface area contributed by atoms with Crippen molar-refractivity contribution < 1.29 is 4.79 Å². The predicted molar refractivity (Wildman–Crippen MR) is 44.5 cm³/mol. The summed E-state index contributed by atoms with van der Waals surface area (Å²) in [6.07, 6.45) is 0. The van der Waals surface area contributed by atoms with Gasteiger partial charge >= 0.3 is 0 Å². The number of ketones is 1. The minimum absolute atomic E-state index is 0.0204. The van der Waals surface area contributed by atoms with E-state index in [1.54, 1.807) is 6.92 Å². The Bertz CT molecular complexity index is 303. The van der Waals surface area contributed by atoms with Gasteiger partial charge in [-0.05, 0) is 25.1 Å². The monoisotopic (exact) mass is 169 g/mol. The fourth-order valence-corrected chi connectivity index (χ4v) is 1.58. The average Bonchev–Trinajstić information content (AvgIpc) is 2.31. The molecule has 1 aromatic rings. The molecule has 0 bridgehead atoms. The van der Waals surface area contributed by atoms with Crippen LogP contribution in [-0.4, -0.2) is 5.78 Å². The first-order chi connectivity index (χ1) is 5.15. The summed E-state index contributed by atoms with van der Waals surface area (Å²) < 4.78 is 0. The number of hydrogen-bond donors (Lipinski definition) is 0. The van der Waals surface area contributed by atoms with E-state index in [1.165, 1.54) is 24.3 Å². The van der Waals surface area contributed by atoms with Crippen molar-refractivity contribution >= 4 is 22.8 Å². The number of carbonyl (C=O) groups is 1. The second-order valence-electron chi connectivity index (χ2n) is 2.20. The number of carbonyl (C=O) groups excluding carboxylic acids is 1. The largest absolute Gasteiger partial charge is 0.294 e. The second-order valence-corrected chi connectivity index (χ2v) is 3.46. The van der Waals surface area contributed by atoms with Crippen LogP contribution in [0.3, 0.4) is 0 Å². The lowest BCUT2D eigenvalue weighted by Gasteiger charge is -1.80. The Hall–Kier alpha value is -1.03. The van der Waals surface area contributed by atoms with Gasteiger partial charge in [-0.1, -0.05) is 0 Å². The highest BCUT2D eigenvalue weighted by Gasteiger charge is 2.08. The van der Waals surface area contributed by atoms with E-state index >= 15 is 0 Å². The number of aryl methyl sites for hydroxylation is 1. The van der Waals surface area contributed by atoms with Gasteiger partial charge in [0, 0.05) is 4.88 Å². The van der Waals surface area contributed by atoms with Gasteiger partial charge in [-0.25, -0.2) is 0 Å². The molecule has 0 amide bonds. The smallest absolute Gasteiger partial charge is 0.169 e. The maximum atomic E-state index is 10.8. The summed E-state index contributed by atoms with van der Waals surface area (Å²) in [6, 6.07) is 1.52. The van der Waals surface area contributed by atoms with Crippen molar-refractivity contribution in [3.8, 4) is 0 Å². The zero-order valence-electron chi connectivity index (χ0n) is 6.25. The molecular formula is C7H7NO2S. The minimum Gasteiger partial charge on any atom is -0.294 e. The summed E-state index contributed by atoms with van der Waals surface area (Å²) in [5, 5.41) is 2.78. The van der Waals surface area contributed by atoms with Gasteiger partial charge in [-0.3, -0.25) is 4.79 Å². The molecule has 1 heterocycles. The van der Waals surface area contributed by atoms with Gasteiger partial charge in [-0.2, -0.15) is 0 Å². The molecule has 0 N–H and O–H groups in total. The van der Waals surface area contributed by atoms with Crippen molar-refractivity contribution in [2.45, 2.75) is 13.8 Å². The molecule has 58 valence electrons. The number of thiophene rings is 1. The van der Waals surface area contributed by atoms with Gasteiger partial charge in [-0.15, -0.1) is 16.2 Å². The quantitative estimate of drug-likeness (QED) is 0.504. The molecule has 1 rings (SSSR count). The maximum absolute atomic E-state index is 10.8. The third-order valence-electron chi connectivity index (χ3n) is 1.34. The molecule has 0 fully saturated rings. The van der Waals surface area contributed by atoms with Crippen LogP contribution in [0.25, 0.3) is 0 Å². The first-order valence-electron chi connectivity index (χ1n) is 3.10. The normalized spacial score (nSPS) is 9.64. The van der Waals surface area contributed by atoms with Gasteiger partial charge in [0.05, 0.1) is 4.88 Å². The van der Waals surface area contributed by atoms with Crippen molar-refractivity contribution in [1.82, 2.24) is 0 Å². The van der Waals surface area contributed by atoms with E-state index < -0.39 is 0 Å². The summed E-state index contributed by atoms with van der Waals surface area (Å²) in [4.78, 5) is 22.3. The van der Waals surface area contributed by atoms with Crippen molar-refractivity contribution in [2.75, 3.05) is 0 Å². The van der Waals surface area contributed by atoms with Gasteiger partial charge in [0.1, 0.15) is 5.69 Å². The third kappa shape index (κ3) is 1.51. The van der Waals surface area contributed by atoms with Crippen LogP contribution in [0.2, 0.25) is 0 Å². The molecule has 0 atom stereocenters. The van der Waals surface area contributed by atoms with Crippen molar-refractivity contribution in [3.05, 3.63) is 20.7 Å². The van der Waals surface area contributed by atoms with Crippen LogP contribution in [0.5, 0.6) is 0 Å². The molecule has 0 unspecified atom stereocenters. The highest BCUT2D eigenvalue weighted by molar-refractivity contribution is 7.14. The topological polar surface area (TPSA) is 46.5 Å². The van der Waals surface area contributed by atoms with E-state index in [9.17, 15) is 9.70 Å². The van der Waals surface area contributed by atoms with Crippen molar-refractivity contribution in [3.63, 3.8) is 0 Å². The van der Waals surface area contributed by atoms with Gasteiger partial charge in [0.2, 0.25) is 0 Å². The Morgan fingerprint density at radius 1 is 1.64 bits per heavy atom. The Morgan fingerprint density at radius 2 is 2.27 bits per heavy atom. The van der Waals surface area contributed by atoms with E-state index in [1.807, 2.05) is 0 Å². The highest BCUT2D eigenvalue weighted by Crippen LogP contribution is 2.28. The van der Waals surface area contributed by atoms with Crippen LogP contribution in [0.1, 0.15) is 21.5 Å². The first-order valence-corrected chi connectivity index (χ1v) is 3.91. The van der Waals surface area contributed by atoms with Crippen molar-refractivity contribution in [2.24, 2.45) is 5.18 Å². The molecule has 0 aliphatic rings. The molecule has 1 aromatic heterocycles. The Kier molecular flexibility index (Phi) is 2.14. The van der Waals surface area contributed by atoms with E-state index in [0.29, 0.717) is 10.6 Å². The second kappa shape index (κ2) is 2.92. The molecule has 11 heavy (non-hydrogen) atoms. The Morgan fingerprint density at radius 3 is 2.55 bits per heavy atom. The van der Waals surface area contributed by atoms with Crippen molar-refractivity contribution in [1.29, 1.82) is 0 Å². The zero-order chi connectivity index (χ0) is 8.43. The number of hydrogen-bond acceptors (Lipinski definition) is 4. The average molecular weight is 169 g/mol. The van der Waals surface area contributed by atoms with E-state index in [2.05, 4.69) is 5.18 Å². The van der Waals surface area contributed by atoms with Crippen LogP contribution in [0.15, 0.2) is 11.2 Å². The van der Waals surface area contributed by atoms with E-state index in [0.717, 1.165) is 4.88 Å². The fraction of sp³-hybridized carbons (Fsp3) is 0.286. The Balaban J connectivity index is 3.14. The Labute approximate surface area is 68.0 Å². The molecule has 0 aliphatic carbocycles. The minimum atomic E-state index is -0.0204. The summed E-state index contributed by atoms with van der Waals surface area (Å²) in [6.45, 7) is 3.24. The molecule has 0 spiro atoms. The third-order valence-corrected chi connectivity index (χ3v) is 2.48. The van der Waals surface area contributed by atoms with E-state index in [4.69, 9.17) is 0 Å². The summed E-state index contributed by atoms with van der Waals surface area (Å²) >= 11 is 1.30.